The van der Waals surface area contributed by atoms with Gasteiger partial charge >= 0.3 is 8.80 Å². The summed E-state index contributed by atoms with van der Waals surface area (Å²) < 4.78 is 22.9. The molecule has 0 aliphatic heterocycles. The van der Waals surface area contributed by atoms with E-state index < -0.39 is 25.0 Å². The second-order valence-corrected chi connectivity index (χ2v) is 24.8. The molecule has 1 aromatic carbocycles. The molecule has 216 valence electrons. The SMILES string of the molecule is CCCCCCCCCCCCOCC[Si](C)(C)c1ccc([Si](C)(C)CCC[Si](OC)(OC)OC)cc1. The van der Waals surface area contributed by atoms with E-state index in [9.17, 15) is 0 Å². The van der Waals surface area contributed by atoms with E-state index in [2.05, 4.69) is 57.4 Å². The van der Waals surface area contributed by atoms with E-state index in [-0.39, 0.29) is 0 Å². The molecule has 1 aromatic rings. The second kappa shape index (κ2) is 18.9. The summed E-state index contributed by atoms with van der Waals surface area (Å²) in [6.45, 7) is 14.0. The highest BCUT2D eigenvalue weighted by molar-refractivity contribution is 6.91. The summed E-state index contributed by atoms with van der Waals surface area (Å²) in [5.41, 5.74) is 0. The average Bonchev–Trinajstić information content (AvgIpc) is 2.89. The fourth-order valence-corrected chi connectivity index (χ4v) is 11.6. The fraction of sp³-hybridized carbons (Fsp3) is 0.800. The minimum absolute atomic E-state index is 0.879. The summed E-state index contributed by atoms with van der Waals surface area (Å²) in [4.78, 5) is 0. The van der Waals surface area contributed by atoms with Crippen LogP contribution >= 0.6 is 0 Å². The summed E-state index contributed by atoms with van der Waals surface area (Å²) >= 11 is 0. The van der Waals surface area contributed by atoms with Crippen molar-refractivity contribution in [1.82, 2.24) is 0 Å². The maximum Gasteiger partial charge on any atom is 0.500 e. The summed E-state index contributed by atoms with van der Waals surface area (Å²) in [5, 5.41) is 3.09. The molecule has 1 rings (SSSR count). The minimum atomic E-state index is -2.47. The van der Waals surface area contributed by atoms with Crippen LogP contribution in [-0.4, -0.2) is 59.5 Å². The summed E-state index contributed by atoms with van der Waals surface area (Å²) in [6.07, 6.45) is 14.8. The number of hydrogen-bond donors (Lipinski definition) is 0. The van der Waals surface area contributed by atoms with Gasteiger partial charge in [-0.15, -0.1) is 0 Å². The third-order valence-electron chi connectivity index (χ3n) is 8.18. The molecule has 4 nitrogen and oxygen atoms in total. The van der Waals surface area contributed by atoms with Gasteiger partial charge in [-0.2, -0.15) is 0 Å². The lowest BCUT2D eigenvalue weighted by molar-refractivity contribution is 0.123. The van der Waals surface area contributed by atoms with Gasteiger partial charge in [0.25, 0.3) is 0 Å². The average molecular weight is 569 g/mol. The van der Waals surface area contributed by atoms with Gasteiger partial charge in [-0.1, -0.05) is 138 Å². The predicted molar refractivity (Wildman–Crippen MR) is 169 cm³/mol. The van der Waals surface area contributed by atoms with Gasteiger partial charge in [-0.05, 0) is 12.5 Å². The van der Waals surface area contributed by atoms with Crippen molar-refractivity contribution in [1.29, 1.82) is 0 Å². The van der Waals surface area contributed by atoms with Crippen molar-refractivity contribution in [2.24, 2.45) is 0 Å². The summed E-state index contributed by atoms with van der Waals surface area (Å²) in [7, 11) is -0.354. The highest BCUT2D eigenvalue weighted by Crippen LogP contribution is 2.21. The molecule has 0 fully saturated rings. The monoisotopic (exact) mass is 568 g/mol. The number of ether oxygens (including phenoxy) is 1. The molecular weight excluding hydrogens is 509 g/mol. The Kier molecular flexibility index (Phi) is 17.7. The van der Waals surface area contributed by atoms with Gasteiger partial charge in [0.1, 0.15) is 0 Å². The van der Waals surface area contributed by atoms with Gasteiger partial charge in [-0.3, -0.25) is 0 Å². The molecule has 0 spiro atoms. The van der Waals surface area contributed by atoms with Crippen LogP contribution in [0.25, 0.3) is 0 Å². The van der Waals surface area contributed by atoms with Crippen LogP contribution < -0.4 is 10.4 Å². The Morgan fingerprint density at radius 2 is 0.946 bits per heavy atom. The Hall–Kier alpha value is -0.289. The van der Waals surface area contributed by atoms with Crippen molar-refractivity contribution >= 4 is 35.3 Å². The van der Waals surface area contributed by atoms with Crippen molar-refractivity contribution in [2.45, 2.75) is 122 Å². The molecule has 0 saturated heterocycles. The zero-order valence-electron chi connectivity index (χ0n) is 25.8. The van der Waals surface area contributed by atoms with E-state index >= 15 is 0 Å². The Balaban J connectivity index is 2.32. The van der Waals surface area contributed by atoms with E-state index in [1.165, 1.54) is 81.5 Å². The zero-order chi connectivity index (χ0) is 27.6. The highest BCUT2D eigenvalue weighted by atomic mass is 28.4. The van der Waals surface area contributed by atoms with E-state index in [0.717, 1.165) is 25.7 Å². The summed E-state index contributed by atoms with van der Waals surface area (Å²) in [6, 6.07) is 12.9. The number of unbranched alkanes of at least 4 members (excludes halogenated alkanes) is 9. The first kappa shape index (κ1) is 34.7. The molecule has 0 aliphatic rings. The molecule has 0 saturated carbocycles. The van der Waals surface area contributed by atoms with Crippen LogP contribution in [0.1, 0.15) is 77.6 Å². The van der Waals surface area contributed by atoms with Crippen LogP contribution in [0.5, 0.6) is 0 Å². The molecule has 0 atom stereocenters. The maximum absolute atomic E-state index is 6.05. The van der Waals surface area contributed by atoms with E-state index in [1.807, 2.05) is 0 Å². The third kappa shape index (κ3) is 13.6. The van der Waals surface area contributed by atoms with Crippen molar-refractivity contribution < 1.29 is 18.0 Å². The Bertz CT molecular complexity index is 682. The van der Waals surface area contributed by atoms with E-state index in [4.69, 9.17) is 18.0 Å². The lowest BCUT2D eigenvalue weighted by Crippen LogP contribution is -2.46. The third-order valence-corrected chi connectivity index (χ3v) is 17.9. The lowest BCUT2D eigenvalue weighted by Gasteiger charge is -2.28. The molecule has 0 radical (unpaired) electrons. The van der Waals surface area contributed by atoms with E-state index in [0.29, 0.717) is 0 Å². The molecule has 37 heavy (non-hydrogen) atoms. The molecule has 0 aromatic heterocycles. The van der Waals surface area contributed by atoms with Crippen molar-refractivity contribution in [3.8, 4) is 0 Å². The predicted octanol–water partition coefficient (Wildman–Crippen LogP) is 7.72. The van der Waals surface area contributed by atoms with Gasteiger partial charge < -0.3 is 18.0 Å². The molecular formula is C30H60O4Si3. The topological polar surface area (TPSA) is 36.9 Å². The van der Waals surface area contributed by atoms with E-state index in [1.54, 1.807) is 26.5 Å². The summed E-state index contributed by atoms with van der Waals surface area (Å²) in [5.74, 6) is 0. The van der Waals surface area contributed by atoms with Crippen molar-refractivity contribution in [3.05, 3.63) is 24.3 Å². The molecule has 0 amide bonds. The Morgan fingerprint density at radius 3 is 1.41 bits per heavy atom. The first-order valence-electron chi connectivity index (χ1n) is 15.0. The van der Waals surface area contributed by atoms with Crippen LogP contribution in [0.2, 0.25) is 44.3 Å². The van der Waals surface area contributed by atoms with Gasteiger partial charge in [0.15, 0.2) is 0 Å². The van der Waals surface area contributed by atoms with Crippen LogP contribution in [0.3, 0.4) is 0 Å². The first-order valence-corrected chi connectivity index (χ1v) is 23.3. The second-order valence-electron chi connectivity index (χ2n) is 12.0. The normalized spacial score (nSPS) is 12.9. The molecule has 0 heterocycles. The number of benzene rings is 1. The number of hydrogen-bond acceptors (Lipinski definition) is 4. The Morgan fingerprint density at radius 1 is 0.514 bits per heavy atom. The minimum Gasteiger partial charge on any atom is -0.382 e. The zero-order valence-corrected chi connectivity index (χ0v) is 28.8. The molecule has 0 unspecified atom stereocenters. The van der Waals surface area contributed by atoms with Gasteiger partial charge in [-0.25, -0.2) is 0 Å². The maximum atomic E-state index is 6.05. The first-order chi connectivity index (χ1) is 17.7. The highest BCUT2D eigenvalue weighted by Gasteiger charge is 2.38. The van der Waals surface area contributed by atoms with Crippen LogP contribution in [0, 0.1) is 0 Å². The molecule has 7 heteroatoms. The number of rotatable bonds is 23. The lowest BCUT2D eigenvalue weighted by atomic mass is 10.1. The quantitative estimate of drug-likeness (QED) is 0.1000. The van der Waals surface area contributed by atoms with Crippen LogP contribution in [-0.2, 0) is 18.0 Å². The van der Waals surface area contributed by atoms with Crippen molar-refractivity contribution in [2.75, 3.05) is 34.5 Å². The van der Waals surface area contributed by atoms with Crippen LogP contribution in [0.15, 0.2) is 24.3 Å². The van der Waals surface area contributed by atoms with Gasteiger partial charge in [0.2, 0.25) is 0 Å². The largest absolute Gasteiger partial charge is 0.500 e. The van der Waals surface area contributed by atoms with Crippen LogP contribution in [0.4, 0.5) is 0 Å². The van der Waals surface area contributed by atoms with Gasteiger partial charge in [0, 0.05) is 40.6 Å². The standard InChI is InChI=1S/C30H60O4Si3/c1-9-10-11-12-13-14-15-16-17-18-24-34-25-28-36(7,8)30-22-20-29(21-23-30)35(5,6)26-19-27-37(31-2,32-3)33-4/h20-23H,9-19,24-28H2,1-8H3. The van der Waals surface area contributed by atoms with Crippen molar-refractivity contribution in [3.63, 3.8) is 0 Å². The molecule has 0 bridgehead atoms. The van der Waals surface area contributed by atoms with Gasteiger partial charge in [0.05, 0.1) is 16.1 Å². The fourth-order valence-electron chi connectivity index (χ4n) is 5.09. The molecule has 0 N–H and O–H groups in total. The smallest absolute Gasteiger partial charge is 0.382 e. The Labute approximate surface area is 233 Å². The molecule has 0 aliphatic carbocycles.